The number of ether oxygens (including phenoxy) is 1. The molecule has 5 heteroatoms. The van der Waals surface area contributed by atoms with Crippen molar-refractivity contribution in [2.45, 2.75) is 32.6 Å². The largest absolute Gasteiger partial charge is 0.493 e. The van der Waals surface area contributed by atoms with Crippen molar-refractivity contribution >= 4 is 10.8 Å². The Labute approximate surface area is 202 Å². The zero-order valence-corrected chi connectivity index (χ0v) is 19.3. The summed E-state index contributed by atoms with van der Waals surface area (Å²) >= 11 is 0. The van der Waals surface area contributed by atoms with Gasteiger partial charge < -0.3 is 4.74 Å². The Bertz CT molecular complexity index is 1420. The topological polar surface area (TPSA) is 9.23 Å². The van der Waals surface area contributed by atoms with Crippen LogP contribution in [0.15, 0.2) is 66.7 Å². The molecule has 0 fully saturated rings. The molecule has 4 rings (SSSR count). The van der Waals surface area contributed by atoms with Crippen molar-refractivity contribution in [3.63, 3.8) is 0 Å². The van der Waals surface area contributed by atoms with Gasteiger partial charge in [-0.2, -0.15) is 0 Å². The Morgan fingerprint density at radius 1 is 0.743 bits per heavy atom. The Hall–Kier alpha value is -3.78. The zero-order valence-electron chi connectivity index (χ0n) is 19.3. The third-order valence-corrected chi connectivity index (χ3v) is 5.76. The number of hydrogen-bond acceptors (Lipinski definition) is 1. The Morgan fingerprint density at radius 2 is 1.60 bits per heavy atom. The van der Waals surface area contributed by atoms with Gasteiger partial charge in [0.2, 0.25) is 0 Å². The summed E-state index contributed by atoms with van der Waals surface area (Å²) in [6.45, 7) is 2.62. The highest BCUT2D eigenvalue weighted by molar-refractivity contribution is 5.84. The van der Waals surface area contributed by atoms with Crippen LogP contribution in [0, 0.1) is 35.1 Å². The third kappa shape index (κ3) is 6.02. The van der Waals surface area contributed by atoms with Crippen molar-refractivity contribution in [3.05, 3.63) is 112 Å². The van der Waals surface area contributed by atoms with Gasteiger partial charge in [-0.05, 0) is 72.2 Å². The van der Waals surface area contributed by atoms with Crippen LogP contribution in [0.1, 0.15) is 42.0 Å². The van der Waals surface area contributed by atoms with Gasteiger partial charge in [0.05, 0.1) is 12.2 Å². The molecule has 0 saturated carbocycles. The van der Waals surface area contributed by atoms with Gasteiger partial charge in [0.25, 0.3) is 0 Å². The summed E-state index contributed by atoms with van der Waals surface area (Å²) in [5, 5.41) is 0.681. The van der Waals surface area contributed by atoms with Gasteiger partial charge in [-0.3, -0.25) is 0 Å². The van der Waals surface area contributed by atoms with Crippen LogP contribution in [-0.2, 0) is 12.8 Å². The van der Waals surface area contributed by atoms with Crippen molar-refractivity contribution in [1.29, 1.82) is 0 Å². The van der Waals surface area contributed by atoms with Gasteiger partial charge in [0, 0.05) is 17.0 Å². The number of aryl methyl sites for hydroxylation is 2. The third-order valence-electron chi connectivity index (χ3n) is 5.76. The molecule has 0 heterocycles. The Morgan fingerprint density at radius 3 is 2.37 bits per heavy atom. The van der Waals surface area contributed by atoms with E-state index in [2.05, 4.69) is 18.8 Å². The van der Waals surface area contributed by atoms with E-state index in [0.717, 1.165) is 24.5 Å². The first kappa shape index (κ1) is 24.3. The van der Waals surface area contributed by atoms with E-state index >= 15 is 0 Å². The molecule has 0 saturated heterocycles. The molecule has 178 valence electrons. The smallest absolute Gasteiger partial charge is 0.166 e. The second-order valence-corrected chi connectivity index (χ2v) is 8.32. The maximum Gasteiger partial charge on any atom is 0.166 e. The summed E-state index contributed by atoms with van der Waals surface area (Å²) in [5.74, 6) is 3.56. The highest BCUT2D eigenvalue weighted by Gasteiger charge is 2.08. The standard InChI is InChI=1S/C30H24F4O/c1-2-3-16-35-25-13-11-23(29(33)19-25)10-6-21-5-9-22(28(32)18-21)8-4-20-7-14-26-24(17-20)12-15-27(31)30(26)34/h5,7,9,11-15,17-19H,2-3,6,10,16H2,1H3. The van der Waals surface area contributed by atoms with Gasteiger partial charge in [-0.25, -0.2) is 17.6 Å². The van der Waals surface area contributed by atoms with E-state index in [-0.39, 0.29) is 16.8 Å². The minimum atomic E-state index is -0.908. The summed E-state index contributed by atoms with van der Waals surface area (Å²) in [6, 6.07) is 16.8. The van der Waals surface area contributed by atoms with Gasteiger partial charge in [0.1, 0.15) is 17.4 Å². The fraction of sp³-hybridized carbons (Fsp3) is 0.200. The van der Waals surface area contributed by atoms with Gasteiger partial charge in [-0.1, -0.05) is 49.5 Å². The fourth-order valence-electron chi connectivity index (χ4n) is 3.73. The number of hydrogen-bond donors (Lipinski definition) is 0. The van der Waals surface area contributed by atoms with Crippen molar-refractivity contribution in [1.82, 2.24) is 0 Å². The molecule has 0 aromatic heterocycles. The van der Waals surface area contributed by atoms with E-state index in [0.29, 0.717) is 41.7 Å². The van der Waals surface area contributed by atoms with Crippen LogP contribution >= 0.6 is 0 Å². The molecular weight excluding hydrogens is 452 g/mol. The predicted octanol–water partition coefficient (Wildman–Crippen LogP) is 7.76. The molecule has 0 N–H and O–H groups in total. The number of benzene rings is 4. The molecule has 4 aromatic carbocycles. The molecule has 0 unspecified atom stereocenters. The summed E-state index contributed by atoms with van der Waals surface area (Å²) in [6.07, 6.45) is 2.83. The zero-order chi connectivity index (χ0) is 24.8. The van der Waals surface area contributed by atoms with Crippen molar-refractivity contribution in [2.75, 3.05) is 6.61 Å². The molecular formula is C30H24F4O. The molecule has 0 aliphatic carbocycles. The highest BCUT2D eigenvalue weighted by atomic mass is 19.2. The van der Waals surface area contributed by atoms with Crippen molar-refractivity contribution in [2.24, 2.45) is 0 Å². The van der Waals surface area contributed by atoms with Crippen molar-refractivity contribution in [3.8, 4) is 17.6 Å². The molecule has 0 amide bonds. The maximum absolute atomic E-state index is 14.6. The monoisotopic (exact) mass is 476 g/mol. The van der Waals surface area contributed by atoms with Crippen LogP contribution in [0.25, 0.3) is 10.8 Å². The molecule has 0 bridgehead atoms. The molecule has 4 aromatic rings. The lowest BCUT2D eigenvalue weighted by molar-refractivity contribution is 0.307. The lowest BCUT2D eigenvalue weighted by atomic mass is 10.0. The van der Waals surface area contributed by atoms with E-state index in [1.54, 1.807) is 36.4 Å². The van der Waals surface area contributed by atoms with E-state index in [1.165, 1.54) is 24.3 Å². The van der Waals surface area contributed by atoms with Crippen LogP contribution in [0.4, 0.5) is 17.6 Å². The molecule has 0 atom stereocenters. The lowest BCUT2D eigenvalue weighted by Gasteiger charge is -2.08. The number of rotatable bonds is 7. The number of fused-ring (bicyclic) bond motifs is 1. The maximum atomic E-state index is 14.6. The molecule has 0 aliphatic rings. The van der Waals surface area contributed by atoms with Gasteiger partial charge in [-0.15, -0.1) is 0 Å². The first-order valence-electron chi connectivity index (χ1n) is 11.5. The molecule has 35 heavy (non-hydrogen) atoms. The molecule has 0 spiro atoms. The summed E-state index contributed by atoms with van der Waals surface area (Å²) in [7, 11) is 0. The normalized spacial score (nSPS) is 10.8. The average Bonchev–Trinajstić information content (AvgIpc) is 2.85. The fourth-order valence-corrected chi connectivity index (χ4v) is 3.73. The van der Waals surface area contributed by atoms with Crippen LogP contribution in [-0.4, -0.2) is 6.61 Å². The van der Waals surface area contributed by atoms with E-state index < -0.39 is 17.5 Å². The summed E-state index contributed by atoms with van der Waals surface area (Å²) < 4.78 is 61.8. The molecule has 0 radical (unpaired) electrons. The number of unbranched alkanes of at least 4 members (excludes halogenated alkanes) is 1. The van der Waals surface area contributed by atoms with Gasteiger partial charge in [0.15, 0.2) is 11.6 Å². The highest BCUT2D eigenvalue weighted by Crippen LogP contribution is 2.22. The van der Waals surface area contributed by atoms with Crippen LogP contribution < -0.4 is 4.74 Å². The molecule has 0 aliphatic heterocycles. The SMILES string of the molecule is CCCCOc1ccc(CCc2ccc(C#Cc3ccc4c(F)c(F)ccc4c3)c(F)c2)c(F)c1. The van der Waals surface area contributed by atoms with Crippen LogP contribution in [0.5, 0.6) is 5.75 Å². The van der Waals surface area contributed by atoms with E-state index in [1.807, 2.05) is 0 Å². The van der Waals surface area contributed by atoms with Crippen molar-refractivity contribution < 1.29 is 22.3 Å². The average molecular weight is 477 g/mol. The quantitative estimate of drug-likeness (QED) is 0.150. The van der Waals surface area contributed by atoms with Gasteiger partial charge >= 0.3 is 0 Å². The minimum Gasteiger partial charge on any atom is -0.493 e. The minimum absolute atomic E-state index is 0.168. The van der Waals surface area contributed by atoms with E-state index in [4.69, 9.17) is 4.74 Å². The predicted molar refractivity (Wildman–Crippen MR) is 130 cm³/mol. The Balaban J connectivity index is 1.42. The Kier molecular flexibility index (Phi) is 7.72. The number of halogens is 4. The summed E-state index contributed by atoms with van der Waals surface area (Å²) in [5.41, 5.74) is 2.06. The van der Waals surface area contributed by atoms with Crippen LogP contribution in [0.2, 0.25) is 0 Å². The first-order chi connectivity index (χ1) is 16.9. The first-order valence-corrected chi connectivity index (χ1v) is 11.5. The molecule has 1 nitrogen and oxygen atoms in total. The second-order valence-electron chi connectivity index (χ2n) is 8.32. The van der Waals surface area contributed by atoms with E-state index in [9.17, 15) is 17.6 Å². The summed E-state index contributed by atoms with van der Waals surface area (Å²) in [4.78, 5) is 0. The lowest BCUT2D eigenvalue weighted by Crippen LogP contribution is -2.00. The second kappa shape index (κ2) is 11.1. The van der Waals surface area contributed by atoms with Crippen LogP contribution in [0.3, 0.4) is 0 Å².